The highest BCUT2D eigenvalue weighted by molar-refractivity contribution is 7.20. The molecule has 1 aliphatic heterocycles. The third-order valence-electron chi connectivity index (χ3n) is 5.91. The number of para-hydroxylation sites is 1. The standard InChI is InChI=1S/C24H23N5O3S/c1-4-31-19-14-29(12-11-18(19)32-24-26-15-7-5-6-8-20(15)33-24)17-13-22(30)28(3)16-9-10-21(25-2)27-23(16)17/h5-10,13,18-19H,4,11-12,14H2,1,3H3/t18-,19-/m0/s1. The molecular formula is C24H23N5O3S. The normalized spacial score (nSPS) is 18.5. The number of aromatic nitrogens is 3. The number of hydrogen-bond donors (Lipinski definition) is 0. The first kappa shape index (κ1) is 21.4. The van der Waals surface area contributed by atoms with Gasteiger partial charge in [0.25, 0.3) is 16.6 Å². The van der Waals surface area contributed by atoms with Gasteiger partial charge in [-0.1, -0.05) is 30.0 Å². The molecule has 33 heavy (non-hydrogen) atoms. The summed E-state index contributed by atoms with van der Waals surface area (Å²) in [5.74, 6) is 0.304. The maximum atomic E-state index is 12.6. The maximum absolute atomic E-state index is 12.6. The number of nitrogens with zero attached hydrogens (tertiary/aromatic N) is 5. The predicted molar refractivity (Wildman–Crippen MR) is 130 cm³/mol. The maximum Gasteiger partial charge on any atom is 0.274 e. The molecule has 4 aromatic rings. The van der Waals surface area contributed by atoms with E-state index in [-0.39, 0.29) is 17.8 Å². The van der Waals surface area contributed by atoms with E-state index in [9.17, 15) is 4.79 Å². The molecule has 1 fully saturated rings. The van der Waals surface area contributed by atoms with Crippen molar-refractivity contribution in [3.63, 3.8) is 0 Å². The highest BCUT2D eigenvalue weighted by Gasteiger charge is 2.34. The fraction of sp³-hybridized carbons (Fsp3) is 0.333. The SMILES string of the molecule is [C-]#[N+]c1ccc2c(n1)c(N1CC[C@H](Oc3nc4ccccc4s3)[C@@H](OCC)C1)cc(=O)n2C. The minimum absolute atomic E-state index is 0.115. The molecule has 0 spiro atoms. The van der Waals surface area contributed by atoms with E-state index in [1.54, 1.807) is 29.8 Å². The molecule has 0 radical (unpaired) electrons. The van der Waals surface area contributed by atoms with Gasteiger partial charge in [0.05, 0.1) is 21.4 Å². The third kappa shape index (κ3) is 4.03. The van der Waals surface area contributed by atoms with Gasteiger partial charge >= 0.3 is 0 Å². The summed E-state index contributed by atoms with van der Waals surface area (Å²) >= 11 is 1.53. The number of benzene rings is 1. The van der Waals surface area contributed by atoms with Gasteiger partial charge in [-0.15, -0.1) is 4.98 Å². The average Bonchev–Trinajstić information content (AvgIpc) is 3.25. The van der Waals surface area contributed by atoms with Crippen LogP contribution in [0.25, 0.3) is 26.1 Å². The Hall–Kier alpha value is -3.48. The molecule has 0 saturated carbocycles. The molecule has 0 amide bonds. The molecule has 0 aliphatic carbocycles. The highest BCUT2D eigenvalue weighted by atomic mass is 32.1. The Morgan fingerprint density at radius 3 is 2.85 bits per heavy atom. The van der Waals surface area contributed by atoms with Crippen LogP contribution in [-0.4, -0.2) is 46.4 Å². The zero-order chi connectivity index (χ0) is 22.9. The molecule has 2 atom stereocenters. The van der Waals surface area contributed by atoms with E-state index in [1.807, 2.05) is 31.2 Å². The van der Waals surface area contributed by atoms with Gasteiger partial charge in [0, 0.05) is 39.2 Å². The van der Waals surface area contributed by atoms with E-state index in [4.69, 9.17) is 16.0 Å². The van der Waals surface area contributed by atoms with Crippen LogP contribution < -0.4 is 15.2 Å². The van der Waals surface area contributed by atoms with Crippen LogP contribution in [0, 0.1) is 6.57 Å². The zero-order valence-electron chi connectivity index (χ0n) is 18.4. The van der Waals surface area contributed by atoms with Crippen LogP contribution in [0.3, 0.4) is 0 Å². The van der Waals surface area contributed by atoms with Crippen LogP contribution in [-0.2, 0) is 11.8 Å². The van der Waals surface area contributed by atoms with E-state index in [0.717, 1.165) is 15.9 Å². The van der Waals surface area contributed by atoms with Gasteiger partial charge < -0.3 is 23.8 Å². The third-order valence-corrected chi connectivity index (χ3v) is 6.84. The summed E-state index contributed by atoms with van der Waals surface area (Å²) < 4.78 is 15.0. The highest BCUT2D eigenvalue weighted by Crippen LogP contribution is 2.32. The van der Waals surface area contributed by atoms with E-state index in [1.165, 1.54) is 11.3 Å². The molecule has 168 valence electrons. The van der Waals surface area contributed by atoms with Crippen molar-refractivity contribution >= 4 is 44.1 Å². The summed E-state index contributed by atoms with van der Waals surface area (Å²) in [6, 6.07) is 13.0. The monoisotopic (exact) mass is 461 g/mol. The topological polar surface area (TPSA) is 73.8 Å². The lowest BCUT2D eigenvalue weighted by Crippen LogP contribution is -2.50. The van der Waals surface area contributed by atoms with E-state index < -0.39 is 0 Å². The van der Waals surface area contributed by atoms with Crippen molar-refractivity contribution in [1.29, 1.82) is 0 Å². The number of thiazole rings is 1. The van der Waals surface area contributed by atoms with Crippen LogP contribution in [0.4, 0.5) is 11.5 Å². The van der Waals surface area contributed by atoms with Gasteiger partial charge in [-0.3, -0.25) is 4.79 Å². The van der Waals surface area contributed by atoms with Gasteiger partial charge in [-0.25, -0.2) is 4.98 Å². The first-order valence-corrected chi connectivity index (χ1v) is 11.7. The van der Waals surface area contributed by atoms with E-state index >= 15 is 0 Å². The molecule has 0 unspecified atom stereocenters. The van der Waals surface area contributed by atoms with Crippen molar-refractivity contribution in [3.05, 3.63) is 64.2 Å². The van der Waals surface area contributed by atoms with Gasteiger partial charge in [0.1, 0.15) is 12.2 Å². The average molecular weight is 462 g/mol. The largest absolute Gasteiger partial charge is 0.464 e. The van der Waals surface area contributed by atoms with Crippen molar-refractivity contribution in [2.75, 3.05) is 24.6 Å². The van der Waals surface area contributed by atoms with Crippen molar-refractivity contribution in [3.8, 4) is 5.19 Å². The zero-order valence-corrected chi connectivity index (χ0v) is 19.2. The lowest BCUT2D eigenvalue weighted by Gasteiger charge is -2.38. The number of anilines is 1. The Labute approximate surface area is 194 Å². The number of fused-ring (bicyclic) bond motifs is 2. The summed E-state index contributed by atoms with van der Waals surface area (Å²) in [7, 11) is 1.72. The number of hydrogen-bond acceptors (Lipinski definition) is 7. The van der Waals surface area contributed by atoms with Crippen molar-refractivity contribution in [2.45, 2.75) is 25.6 Å². The molecule has 1 aromatic carbocycles. The molecule has 8 nitrogen and oxygen atoms in total. The van der Waals surface area contributed by atoms with Gasteiger partial charge in [-0.2, -0.15) is 0 Å². The lowest BCUT2D eigenvalue weighted by atomic mass is 10.0. The summed E-state index contributed by atoms with van der Waals surface area (Å²) in [4.78, 5) is 27.3. The number of pyridine rings is 2. The van der Waals surface area contributed by atoms with Crippen LogP contribution in [0.15, 0.2) is 47.3 Å². The van der Waals surface area contributed by atoms with Gasteiger partial charge in [0.15, 0.2) is 0 Å². The molecule has 9 heteroatoms. The summed E-state index contributed by atoms with van der Waals surface area (Å²) in [6.45, 7) is 11.1. The minimum atomic E-state index is -0.195. The second-order valence-electron chi connectivity index (χ2n) is 7.91. The van der Waals surface area contributed by atoms with Crippen LogP contribution in [0.5, 0.6) is 5.19 Å². The second kappa shape index (κ2) is 8.81. The summed E-state index contributed by atoms with van der Waals surface area (Å²) in [5.41, 5.74) is 2.88. The first-order valence-electron chi connectivity index (χ1n) is 10.8. The first-order chi connectivity index (χ1) is 16.1. The Morgan fingerprint density at radius 1 is 1.21 bits per heavy atom. The Balaban J connectivity index is 1.45. The van der Waals surface area contributed by atoms with Crippen molar-refractivity contribution < 1.29 is 9.47 Å². The fourth-order valence-corrected chi connectivity index (χ4v) is 5.13. The van der Waals surface area contributed by atoms with E-state index in [0.29, 0.717) is 48.2 Å². The number of aryl methyl sites for hydroxylation is 1. The predicted octanol–water partition coefficient (Wildman–Crippen LogP) is 4.16. The molecule has 1 aliphatic rings. The minimum Gasteiger partial charge on any atom is -0.464 e. The quantitative estimate of drug-likeness (QED) is 0.416. The Bertz CT molecular complexity index is 1390. The van der Waals surface area contributed by atoms with Gasteiger partial charge in [0.2, 0.25) is 5.52 Å². The van der Waals surface area contributed by atoms with Crippen LogP contribution >= 0.6 is 11.3 Å². The molecule has 4 heterocycles. The molecule has 0 N–H and O–H groups in total. The number of piperidine rings is 1. The van der Waals surface area contributed by atoms with Crippen molar-refractivity contribution in [1.82, 2.24) is 14.5 Å². The Kier molecular flexibility index (Phi) is 5.70. The lowest BCUT2D eigenvalue weighted by molar-refractivity contribution is -0.0279. The van der Waals surface area contributed by atoms with Crippen molar-refractivity contribution in [2.24, 2.45) is 7.05 Å². The molecule has 5 rings (SSSR count). The smallest absolute Gasteiger partial charge is 0.274 e. The van der Waals surface area contributed by atoms with E-state index in [2.05, 4.69) is 19.7 Å². The molecule has 0 bridgehead atoms. The summed E-state index contributed by atoms with van der Waals surface area (Å²) in [6.07, 6.45) is 0.366. The van der Waals surface area contributed by atoms with Crippen LogP contribution in [0.1, 0.15) is 13.3 Å². The summed E-state index contributed by atoms with van der Waals surface area (Å²) in [5, 5.41) is 0.641. The number of ether oxygens (including phenoxy) is 2. The molecular weight excluding hydrogens is 438 g/mol. The Morgan fingerprint density at radius 2 is 2.06 bits per heavy atom. The van der Waals surface area contributed by atoms with Crippen LogP contribution in [0.2, 0.25) is 0 Å². The molecule has 1 saturated heterocycles. The fourth-order valence-electron chi connectivity index (χ4n) is 4.26. The van der Waals surface area contributed by atoms with Gasteiger partial charge in [-0.05, 0) is 31.2 Å². The molecule has 3 aromatic heterocycles. The number of rotatable bonds is 5. The second-order valence-corrected chi connectivity index (χ2v) is 8.90.